The Labute approximate surface area is 180 Å². The lowest BCUT2D eigenvalue weighted by molar-refractivity contribution is 0.267. The number of aliphatic imine (C=N–C) groups is 1. The SMILES string of the molecule is CCOc1cc(C=Nc2ccc(C)cc2C)cc(I)c1OCc1ccccc1. The van der Waals surface area contributed by atoms with E-state index in [1.165, 1.54) is 11.1 Å². The van der Waals surface area contributed by atoms with Gasteiger partial charge >= 0.3 is 0 Å². The van der Waals surface area contributed by atoms with Crippen LogP contribution in [0.1, 0.15) is 29.2 Å². The zero-order chi connectivity index (χ0) is 19.9. The molecule has 0 atom stereocenters. The lowest BCUT2D eigenvalue weighted by atomic mass is 10.1. The van der Waals surface area contributed by atoms with Crippen molar-refractivity contribution in [3.8, 4) is 11.5 Å². The highest BCUT2D eigenvalue weighted by Crippen LogP contribution is 2.34. The van der Waals surface area contributed by atoms with E-state index in [0.29, 0.717) is 13.2 Å². The zero-order valence-electron chi connectivity index (χ0n) is 16.4. The minimum Gasteiger partial charge on any atom is -0.490 e. The lowest BCUT2D eigenvalue weighted by Gasteiger charge is -2.14. The largest absolute Gasteiger partial charge is 0.490 e. The van der Waals surface area contributed by atoms with E-state index in [1.807, 2.05) is 43.5 Å². The molecule has 0 N–H and O–H groups in total. The molecular weight excluding hydrogens is 461 g/mol. The summed E-state index contributed by atoms with van der Waals surface area (Å²) in [7, 11) is 0. The van der Waals surface area contributed by atoms with E-state index in [1.54, 1.807) is 0 Å². The summed E-state index contributed by atoms with van der Waals surface area (Å²) in [5.41, 5.74) is 5.49. The van der Waals surface area contributed by atoms with Gasteiger partial charge in [-0.25, -0.2) is 0 Å². The minimum absolute atomic E-state index is 0.507. The summed E-state index contributed by atoms with van der Waals surface area (Å²) in [6.07, 6.45) is 1.88. The molecule has 0 unspecified atom stereocenters. The first kappa shape index (κ1) is 20.4. The summed E-state index contributed by atoms with van der Waals surface area (Å²) in [4.78, 5) is 4.66. The number of nitrogens with zero attached hydrogens (tertiary/aromatic N) is 1. The number of halogens is 1. The summed E-state index contributed by atoms with van der Waals surface area (Å²) in [6.45, 7) is 7.23. The Balaban J connectivity index is 1.84. The van der Waals surface area contributed by atoms with Crippen LogP contribution in [-0.4, -0.2) is 12.8 Å². The fourth-order valence-corrected chi connectivity index (χ4v) is 3.67. The predicted octanol–water partition coefficient (Wildman–Crippen LogP) is 6.64. The van der Waals surface area contributed by atoms with Crippen LogP contribution >= 0.6 is 22.6 Å². The van der Waals surface area contributed by atoms with Crippen LogP contribution in [0.2, 0.25) is 0 Å². The topological polar surface area (TPSA) is 30.8 Å². The van der Waals surface area contributed by atoms with Gasteiger partial charge in [0.25, 0.3) is 0 Å². The smallest absolute Gasteiger partial charge is 0.175 e. The number of hydrogen-bond acceptors (Lipinski definition) is 3. The van der Waals surface area contributed by atoms with Crippen molar-refractivity contribution in [3.63, 3.8) is 0 Å². The molecule has 0 saturated carbocycles. The van der Waals surface area contributed by atoms with Crippen LogP contribution in [0.25, 0.3) is 0 Å². The highest BCUT2D eigenvalue weighted by atomic mass is 127. The Morgan fingerprint density at radius 1 is 0.964 bits per heavy atom. The highest BCUT2D eigenvalue weighted by Gasteiger charge is 2.12. The molecule has 0 bridgehead atoms. The standard InChI is InChI=1S/C24H24INO2/c1-4-27-23-14-20(15-26-22-11-10-17(2)12-18(22)3)13-21(25)24(23)28-16-19-8-6-5-7-9-19/h5-15H,4,16H2,1-3H3. The summed E-state index contributed by atoms with van der Waals surface area (Å²) in [5, 5.41) is 0. The molecule has 0 aromatic heterocycles. The van der Waals surface area contributed by atoms with Crippen molar-refractivity contribution in [2.24, 2.45) is 4.99 Å². The van der Waals surface area contributed by atoms with Crippen LogP contribution in [-0.2, 0) is 6.61 Å². The minimum atomic E-state index is 0.507. The lowest BCUT2D eigenvalue weighted by Crippen LogP contribution is -2.02. The molecule has 3 rings (SSSR count). The molecule has 3 aromatic rings. The van der Waals surface area contributed by atoms with Crippen molar-refractivity contribution < 1.29 is 9.47 Å². The number of benzene rings is 3. The first-order valence-electron chi connectivity index (χ1n) is 9.31. The first-order valence-corrected chi connectivity index (χ1v) is 10.4. The van der Waals surface area contributed by atoms with Crippen LogP contribution in [0.5, 0.6) is 11.5 Å². The van der Waals surface area contributed by atoms with Gasteiger partial charge in [-0.05, 0) is 78.3 Å². The van der Waals surface area contributed by atoms with Gasteiger partial charge in [0.1, 0.15) is 6.61 Å². The fourth-order valence-electron chi connectivity index (χ4n) is 2.89. The Morgan fingerprint density at radius 2 is 1.75 bits per heavy atom. The maximum atomic E-state index is 6.08. The van der Waals surface area contributed by atoms with Gasteiger partial charge in [-0.1, -0.05) is 48.0 Å². The molecule has 0 radical (unpaired) electrons. The summed E-state index contributed by atoms with van der Waals surface area (Å²) in [5.74, 6) is 1.52. The first-order chi connectivity index (χ1) is 13.6. The fraction of sp³-hybridized carbons (Fsp3) is 0.208. The molecule has 0 fully saturated rings. The molecule has 0 aliphatic rings. The molecule has 0 spiro atoms. The third-order valence-electron chi connectivity index (χ3n) is 4.26. The average Bonchev–Trinajstić information content (AvgIpc) is 2.68. The molecule has 0 saturated heterocycles. The van der Waals surface area contributed by atoms with Crippen molar-refractivity contribution in [2.45, 2.75) is 27.4 Å². The second-order valence-corrected chi connectivity index (χ2v) is 7.75. The van der Waals surface area contributed by atoms with Gasteiger partial charge in [-0.15, -0.1) is 0 Å². The van der Waals surface area contributed by atoms with E-state index < -0.39 is 0 Å². The van der Waals surface area contributed by atoms with Gasteiger partial charge in [0.2, 0.25) is 0 Å². The van der Waals surface area contributed by atoms with Crippen molar-refractivity contribution in [1.82, 2.24) is 0 Å². The third kappa shape index (κ3) is 5.35. The summed E-state index contributed by atoms with van der Waals surface area (Å²) in [6, 6.07) is 20.5. The maximum Gasteiger partial charge on any atom is 0.175 e. The maximum absolute atomic E-state index is 6.08. The van der Waals surface area contributed by atoms with Crippen LogP contribution in [0, 0.1) is 17.4 Å². The van der Waals surface area contributed by atoms with Crippen LogP contribution in [0.3, 0.4) is 0 Å². The second kappa shape index (κ2) is 9.73. The van der Waals surface area contributed by atoms with E-state index in [9.17, 15) is 0 Å². The van der Waals surface area contributed by atoms with Crippen molar-refractivity contribution >= 4 is 34.5 Å². The van der Waals surface area contributed by atoms with Crippen LogP contribution in [0.15, 0.2) is 65.7 Å². The molecule has 4 heteroatoms. The monoisotopic (exact) mass is 485 g/mol. The Bertz CT molecular complexity index is 968. The second-order valence-electron chi connectivity index (χ2n) is 6.59. The molecule has 0 aliphatic carbocycles. The third-order valence-corrected chi connectivity index (χ3v) is 5.06. The number of hydrogen-bond donors (Lipinski definition) is 0. The number of rotatable bonds is 7. The molecule has 144 valence electrons. The van der Waals surface area contributed by atoms with Gasteiger partial charge in [-0.3, -0.25) is 4.99 Å². The Morgan fingerprint density at radius 3 is 2.46 bits per heavy atom. The summed E-state index contributed by atoms with van der Waals surface area (Å²) >= 11 is 2.29. The predicted molar refractivity (Wildman–Crippen MR) is 124 cm³/mol. The molecular formula is C24H24INO2. The van der Waals surface area contributed by atoms with E-state index >= 15 is 0 Å². The van der Waals surface area contributed by atoms with Gasteiger partial charge in [-0.2, -0.15) is 0 Å². The van der Waals surface area contributed by atoms with E-state index in [2.05, 4.69) is 71.8 Å². The normalized spacial score (nSPS) is 11.0. The van der Waals surface area contributed by atoms with Gasteiger partial charge in [0.15, 0.2) is 11.5 Å². The van der Waals surface area contributed by atoms with E-state index in [0.717, 1.165) is 31.9 Å². The number of ether oxygens (including phenoxy) is 2. The molecule has 0 heterocycles. The van der Waals surface area contributed by atoms with Gasteiger partial charge < -0.3 is 9.47 Å². The van der Waals surface area contributed by atoms with Crippen molar-refractivity contribution in [2.75, 3.05) is 6.61 Å². The molecule has 3 aromatic carbocycles. The highest BCUT2D eigenvalue weighted by molar-refractivity contribution is 14.1. The molecule has 28 heavy (non-hydrogen) atoms. The summed E-state index contributed by atoms with van der Waals surface area (Å²) < 4.78 is 12.9. The Hall–Kier alpha value is -2.34. The van der Waals surface area contributed by atoms with Crippen LogP contribution < -0.4 is 9.47 Å². The van der Waals surface area contributed by atoms with E-state index in [4.69, 9.17) is 9.47 Å². The Kier molecular flexibility index (Phi) is 7.09. The van der Waals surface area contributed by atoms with E-state index in [-0.39, 0.29) is 0 Å². The van der Waals surface area contributed by atoms with Gasteiger partial charge in [0, 0.05) is 6.21 Å². The zero-order valence-corrected chi connectivity index (χ0v) is 18.6. The average molecular weight is 485 g/mol. The molecule has 0 amide bonds. The van der Waals surface area contributed by atoms with Crippen molar-refractivity contribution in [3.05, 3.63) is 86.5 Å². The van der Waals surface area contributed by atoms with Gasteiger partial charge in [0.05, 0.1) is 15.9 Å². The molecule has 0 aliphatic heterocycles. The van der Waals surface area contributed by atoms with Crippen molar-refractivity contribution in [1.29, 1.82) is 0 Å². The quantitative estimate of drug-likeness (QED) is 0.278. The van der Waals surface area contributed by atoms with Crippen LogP contribution in [0.4, 0.5) is 5.69 Å². The molecule has 3 nitrogen and oxygen atoms in total. The number of aryl methyl sites for hydroxylation is 2.